The molecule has 1 heterocycles. The summed E-state index contributed by atoms with van der Waals surface area (Å²) < 4.78 is 0. The van der Waals surface area contributed by atoms with Gasteiger partial charge < -0.3 is 0 Å². The fraction of sp³-hybridized carbons (Fsp3) is 0.0435. The molecule has 28 heavy (non-hydrogen) atoms. The number of thioether (sulfide) groups is 1. The molecule has 1 fully saturated rings. The van der Waals surface area contributed by atoms with Crippen LogP contribution in [0.5, 0.6) is 0 Å². The van der Waals surface area contributed by atoms with Crippen molar-refractivity contribution in [2.45, 2.75) is 6.54 Å². The van der Waals surface area contributed by atoms with Gasteiger partial charge in [0, 0.05) is 5.02 Å². The van der Waals surface area contributed by atoms with E-state index in [1.54, 1.807) is 6.08 Å². The number of hydrogen-bond donors (Lipinski definition) is 0. The minimum Gasteiger partial charge on any atom is -0.268 e. The number of halogens is 1. The first-order valence-electron chi connectivity index (χ1n) is 8.75. The van der Waals surface area contributed by atoms with Crippen LogP contribution in [0.1, 0.15) is 11.1 Å². The standard InChI is InChI=1S/C23H16ClNO2S/c24-20-11-9-18(10-12-20)19-8-4-7-17(13-19)14-21-22(26)25(23(27)28-21)15-16-5-2-1-3-6-16/h1-14H,15H2. The molecule has 3 aromatic carbocycles. The third-order valence-corrected chi connectivity index (χ3v) is 5.58. The molecule has 138 valence electrons. The van der Waals surface area contributed by atoms with Crippen molar-refractivity contribution in [3.05, 3.63) is 99.9 Å². The smallest absolute Gasteiger partial charge is 0.268 e. The van der Waals surface area contributed by atoms with Gasteiger partial charge in [-0.1, -0.05) is 72.3 Å². The van der Waals surface area contributed by atoms with Crippen LogP contribution in [0.4, 0.5) is 4.79 Å². The summed E-state index contributed by atoms with van der Waals surface area (Å²) in [5.74, 6) is -0.254. The zero-order valence-corrected chi connectivity index (χ0v) is 16.4. The topological polar surface area (TPSA) is 37.4 Å². The average Bonchev–Trinajstić information content (AvgIpc) is 2.97. The first-order valence-corrected chi connectivity index (χ1v) is 9.95. The van der Waals surface area contributed by atoms with E-state index in [4.69, 9.17) is 11.6 Å². The van der Waals surface area contributed by atoms with Gasteiger partial charge in [-0.15, -0.1) is 0 Å². The maximum atomic E-state index is 12.7. The largest absolute Gasteiger partial charge is 0.293 e. The molecule has 4 rings (SSSR count). The highest BCUT2D eigenvalue weighted by molar-refractivity contribution is 8.18. The van der Waals surface area contributed by atoms with E-state index in [9.17, 15) is 9.59 Å². The lowest BCUT2D eigenvalue weighted by Crippen LogP contribution is -2.27. The normalized spacial score (nSPS) is 15.5. The summed E-state index contributed by atoms with van der Waals surface area (Å²) in [5, 5.41) is 0.445. The highest BCUT2D eigenvalue weighted by atomic mass is 35.5. The second-order valence-electron chi connectivity index (χ2n) is 6.39. The van der Waals surface area contributed by atoms with Crippen molar-refractivity contribution in [3.8, 4) is 11.1 Å². The molecule has 0 atom stereocenters. The number of carbonyl (C=O) groups excluding carboxylic acids is 2. The van der Waals surface area contributed by atoms with Crippen LogP contribution in [0, 0.1) is 0 Å². The van der Waals surface area contributed by atoms with E-state index in [1.165, 1.54) is 4.90 Å². The van der Waals surface area contributed by atoms with Crippen LogP contribution in [0.15, 0.2) is 83.8 Å². The van der Waals surface area contributed by atoms with Crippen molar-refractivity contribution in [2.24, 2.45) is 0 Å². The summed E-state index contributed by atoms with van der Waals surface area (Å²) in [5.41, 5.74) is 3.86. The van der Waals surface area contributed by atoms with Crippen molar-refractivity contribution in [2.75, 3.05) is 0 Å². The highest BCUT2D eigenvalue weighted by Crippen LogP contribution is 2.34. The summed E-state index contributed by atoms with van der Waals surface area (Å²) in [7, 11) is 0. The summed E-state index contributed by atoms with van der Waals surface area (Å²) in [4.78, 5) is 26.8. The molecule has 0 bridgehead atoms. The van der Waals surface area contributed by atoms with E-state index < -0.39 is 0 Å². The van der Waals surface area contributed by atoms with Crippen LogP contribution >= 0.6 is 23.4 Å². The van der Waals surface area contributed by atoms with Crippen molar-refractivity contribution in [1.29, 1.82) is 0 Å². The van der Waals surface area contributed by atoms with E-state index in [0.717, 1.165) is 34.0 Å². The molecule has 5 heteroatoms. The third kappa shape index (κ3) is 4.03. The minimum absolute atomic E-state index is 0.242. The SMILES string of the molecule is O=C1SC(=Cc2cccc(-c3ccc(Cl)cc3)c2)C(=O)N1Cc1ccccc1. The monoisotopic (exact) mass is 405 g/mol. The first-order chi connectivity index (χ1) is 13.6. The Bertz CT molecular complexity index is 1060. The summed E-state index contributed by atoms with van der Waals surface area (Å²) in [6.07, 6.45) is 1.77. The predicted molar refractivity (Wildman–Crippen MR) is 115 cm³/mol. The molecule has 0 aromatic heterocycles. The second kappa shape index (κ2) is 8.05. The van der Waals surface area contributed by atoms with Gasteiger partial charge in [-0.05, 0) is 58.3 Å². The predicted octanol–water partition coefficient (Wildman–Crippen LogP) is 6.24. The van der Waals surface area contributed by atoms with E-state index in [1.807, 2.05) is 78.9 Å². The molecule has 2 amide bonds. The average molecular weight is 406 g/mol. The van der Waals surface area contributed by atoms with Gasteiger partial charge in [-0.2, -0.15) is 0 Å². The van der Waals surface area contributed by atoms with Crippen LogP contribution in [-0.2, 0) is 11.3 Å². The van der Waals surface area contributed by atoms with E-state index in [-0.39, 0.29) is 17.7 Å². The molecule has 0 unspecified atom stereocenters. The number of amides is 2. The molecule has 1 saturated heterocycles. The molecule has 3 aromatic rings. The lowest BCUT2D eigenvalue weighted by atomic mass is 10.0. The maximum Gasteiger partial charge on any atom is 0.293 e. The zero-order chi connectivity index (χ0) is 19.5. The molecule has 1 aliphatic heterocycles. The Morgan fingerprint density at radius 3 is 2.36 bits per heavy atom. The molecule has 0 spiro atoms. The summed E-state index contributed by atoms with van der Waals surface area (Å²) in [6, 6.07) is 25.0. The number of imide groups is 1. The molecule has 0 N–H and O–H groups in total. The number of rotatable bonds is 4. The molecule has 3 nitrogen and oxygen atoms in total. The molecule has 0 aliphatic carbocycles. The van der Waals surface area contributed by atoms with Gasteiger partial charge in [0.1, 0.15) is 0 Å². The fourth-order valence-corrected chi connectivity index (χ4v) is 3.97. The van der Waals surface area contributed by atoms with Gasteiger partial charge in [-0.25, -0.2) is 0 Å². The van der Waals surface area contributed by atoms with E-state index in [0.29, 0.717) is 9.93 Å². The first kappa shape index (κ1) is 18.5. The van der Waals surface area contributed by atoms with Crippen LogP contribution in [-0.4, -0.2) is 16.0 Å². The van der Waals surface area contributed by atoms with E-state index in [2.05, 4.69) is 0 Å². The lowest BCUT2D eigenvalue weighted by molar-refractivity contribution is -0.123. The Hall–Kier alpha value is -2.82. The summed E-state index contributed by atoms with van der Waals surface area (Å²) in [6.45, 7) is 0.285. The van der Waals surface area contributed by atoms with Gasteiger partial charge in [0.2, 0.25) is 0 Å². The van der Waals surface area contributed by atoms with Gasteiger partial charge in [0.25, 0.3) is 11.1 Å². The Labute approximate surface area is 172 Å². The second-order valence-corrected chi connectivity index (χ2v) is 7.82. The highest BCUT2D eigenvalue weighted by Gasteiger charge is 2.34. The molecule has 1 aliphatic rings. The van der Waals surface area contributed by atoms with Crippen molar-refractivity contribution in [3.63, 3.8) is 0 Å². The lowest BCUT2D eigenvalue weighted by Gasteiger charge is -2.12. The Balaban J connectivity index is 1.57. The molecule has 0 radical (unpaired) electrons. The summed E-state index contributed by atoms with van der Waals surface area (Å²) >= 11 is 6.94. The number of nitrogens with zero attached hydrogens (tertiary/aromatic N) is 1. The van der Waals surface area contributed by atoms with Crippen LogP contribution < -0.4 is 0 Å². The number of hydrogen-bond acceptors (Lipinski definition) is 3. The minimum atomic E-state index is -0.254. The van der Waals surface area contributed by atoms with Crippen molar-refractivity contribution in [1.82, 2.24) is 4.90 Å². The quantitative estimate of drug-likeness (QED) is 0.482. The number of benzene rings is 3. The molecular weight excluding hydrogens is 390 g/mol. The zero-order valence-electron chi connectivity index (χ0n) is 14.8. The van der Waals surface area contributed by atoms with Crippen molar-refractivity contribution < 1.29 is 9.59 Å². The van der Waals surface area contributed by atoms with Crippen LogP contribution in [0.25, 0.3) is 17.2 Å². The van der Waals surface area contributed by atoms with Gasteiger partial charge >= 0.3 is 0 Å². The van der Waals surface area contributed by atoms with Crippen LogP contribution in [0.3, 0.4) is 0 Å². The van der Waals surface area contributed by atoms with Gasteiger partial charge in [0.15, 0.2) is 0 Å². The van der Waals surface area contributed by atoms with E-state index >= 15 is 0 Å². The fourth-order valence-electron chi connectivity index (χ4n) is 3.00. The van der Waals surface area contributed by atoms with Crippen LogP contribution in [0.2, 0.25) is 5.02 Å². The third-order valence-electron chi connectivity index (χ3n) is 4.42. The van der Waals surface area contributed by atoms with Gasteiger partial charge in [0.05, 0.1) is 11.4 Å². The number of carbonyl (C=O) groups is 2. The Morgan fingerprint density at radius 2 is 1.61 bits per heavy atom. The Morgan fingerprint density at radius 1 is 0.857 bits per heavy atom. The van der Waals surface area contributed by atoms with Crippen molar-refractivity contribution >= 4 is 40.6 Å². The van der Waals surface area contributed by atoms with Gasteiger partial charge in [-0.3, -0.25) is 14.5 Å². The molecule has 0 saturated carbocycles. The molecular formula is C23H16ClNO2S. The Kier molecular flexibility index (Phi) is 5.33. The maximum absolute atomic E-state index is 12.7.